The number of hydrogen-bond donors (Lipinski definition) is 1. The molecule has 71 valence electrons. The Hall–Kier alpha value is -0.871. The van der Waals surface area contributed by atoms with Crippen LogP contribution in [0.2, 0.25) is 0 Å². The van der Waals surface area contributed by atoms with Crippen LogP contribution in [0.1, 0.15) is 10.4 Å². The van der Waals surface area contributed by atoms with Gasteiger partial charge in [0, 0.05) is 0 Å². The Morgan fingerprint density at radius 1 is 1.08 bits per heavy atom. The molecule has 0 saturated heterocycles. The van der Waals surface area contributed by atoms with Gasteiger partial charge in [0.2, 0.25) is 0 Å². The molecule has 1 rings (SSSR count). The van der Waals surface area contributed by atoms with Crippen molar-refractivity contribution in [2.24, 2.45) is 0 Å². The Kier molecular flexibility index (Phi) is 11.8. The summed E-state index contributed by atoms with van der Waals surface area (Å²) in [6.45, 7) is 0. The minimum absolute atomic E-state index is 0. The summed E-state index contributed by atoms with van der Waals surface area (Å²) in [4.78, 5) is 10.2. The van der Waals surface area contributed by atoms with Gasteiger partial charge < -0.3 is 17.4 Å². The molecule has 0 spiro atoms. The summed E-state index contributed by atoms with van der Waals surface area (Å²) < 4.78 is 0. The Morgan fingerprint density at radius 3 is 1.75 bits per heavy atom. The van der Waals surface area contributed by atoms with Crippen molar-refractivity contribution < 1.29 is 27.0 Å². The fourth-order valence-electron chi connectivity index (χ4n) is 0.581. The number of nitrogens with two attached hydrogens (primary N) is 2. The van der Waals surface area contributed by atoms with Crippen LogP contribution in [-0.2, 0) is 17.1 Å². The molecule has 0 aliphatic heterocycles. The molecule has 0 heterocycles. The van der Waals surface area contributed by atoms with E-state index in [-0.39, 0.29) is 29.4 Å². The fourth-order valence-corrected chi connectivity index (χ4v) is 0.581. The van der Waals surface area contributed by atoms with Gasteiger partial charge in [0.25, 0.3) is 0 Å². The van der Waals surface area contributed by atoms with Crippen molar-refractivity contribution in [2.45, 2.75) is 0 Å². The normalized spacial score (nSPS) is 6.67. The fraction of sp³-hybridized carbons (Fsp3) is 0. The number of carboxylic acid groups (broad SMARTS) is 1. The number of hydrogen-bond acceptors (Lipinski definition) is 1. The van der Waals surface area contributed by atoms with Gasteiger partial charge in [-0.1, -0.05) is 18.2 Å². The zero-order valence-electron chi connectivity index (χ0n) is 6.20. The first-order valence-electron chi connectivity index (χ1n) is 2.59. The number of aromatic carboxylic acids is 1. The second kappa shape index (κ2) is 8.23. The van der Waals surface area contributed by atoms with Crippen LogP contribution in [0.4, 0.5) is 0 Å². The van der Waals surface area contributed by atoms with E-state index in [9.17, 15) is 4.79 Å². The predicted molar refractivity (Wildman–Crippen MR) is 44.0 cm³/mol. The molecule has 0 bridgehead atoms. The van der Waals surface area contributed by atoms with Crippen molar-refractivity contribution >= 4 is 5.97 Å². The third-order valence-corrected chi connectivity index (χ3v) is 1.02. The van der Waals surface area contributed by atoms with E-state index in [4.69, 9.17) is 5.11 Å². The van der Waals surface area contributed by atoms with Crippen LogP contribution >= 0.6 is 0 Å². The third-order valence-electron chi connectivity index (χ3n) is 1.02. The zero-order valence-corrected chi connectivity index (χ0v) is 7.14. The quantitative estimate of drug-likeness (QED) is 0.731. The molecule has 1 aromatic rings. The van der Waals surface area contributed by atoms with Gasteiger partial charge in [-0.25, -0.2) is 4.79 Å². The molecule has 0 aromatic heterocycles. The molecular weight excluding hydrogens is 208 g/mol. The van der Waals surface area contributed by atoms with Crippen LogP contribution in [0.15, 0.2) is 30.3 Å². The Balaban J connectivity index is -0.000000270. The number of rotatable bonds is 1. The molecule has 1 aromatic carbocycles. The van der Waals surface area contributed by atoms with E-state index < -0.39 is 5.97 Å². The molecule has 5 heteroatoms. The number of benzene rings is 1. The van der Waals surface area contributed by atoms with Gasteiger partial charge in [-0.05, 0) is 12.1 Å². The Bertz CT molecular complexity index is 216. The van der Waals surface area contributed by atoms with Crippen molar-refractivity contribution in [1.29, 1.82) is 0 Å². The second-order valence-electron chi connectivity index (χ2n) is 1.67. The molecular formula is C7H10CuN2O2. The maximum atomic E-state index is 10.2. The Morgan fingerprint density at radius 2 is 1.50 bits per heavy atom. The summed E-state index contributed by atoms with van der Waals surface area (Å²) in [5.74, 6) is -0.879. The summed E-state index contributed by atoms with van der Waals surface area (Å²) in [5.41, 5.74) is 0.331. The summed E-state index contributed by atoms with van der Waals surface area (Å²) in [6.07, 6.45) is 0. The predicted octanol–water partition coefficient (Wildman–Crippen LogP) is 2.82. The van der Waals surface area contributed by atoms with Crippen LogP contribution in [-0.4, -0.2) is 11.1 Å². The maximum absolute atomic E-state index is 10.2. The molecule has 0 saturated carbocycles. The zero-order chi connectivity index (χ0) is 6.69. The Labute approximate surface area is 81.6 Å². The van der Waals surface area contributed by atoms with E-state index in [1.807, 2.05) is 0 Å². The first-order chi connectivity index (χ1) is 4.30. The molecule has 0 fully saturated rings. The van der Waals surface area contributed by atoms with Crippen molar-refractivity contribution in [3.63, 3.8) is 0 Å². The first-order valence-corrected chi connectivity index (χ1v) is 2.59. The topological polar surface area (TPSA) is 104 Å². The minimum atomic E-state index is -0.879. The molecule has 0 atom stereocenters. The van der Waals surface area contributed by atoms with E-state index in [0.29, 0.717) is 5.56 Å². The van der Waals surface area contributed by atoms with Gasteiger partial charge in [-0.3, -0.25) is 0 Å². The van der Waals surface area contributed by atoms with Gasteiger partial charge in [0.1, 0.15) is 0 Å². The summed E-state index contributed by atoms with van der Waals surface area (Å²) in [5, 5.41) is 8.38. The summed E-state index contributed by atoms with van der Waals surface area (Å²) in [6, 6.07) is 8.30. The van der Waals surface area contributed by atoms with Crippen molar-refractivity contribution in [3.8, 4) is 0 Å². The van der Waals surface area contributed by atoms with Gasteiger partial charge in [-0.15, -0.1) is 0 Å². The van der Waals surface area contributed by atoms with Gasteiger partial charge in [-0.2, -0.15) is 0 Å². The monoisotopic (exact) mass is 217 g/mol. The number of carbonyl (C=O) groups is 1. The average Bonchev–Trinajstić information content (AvgIpc) is 1.90. The van der Waals surface area contributed by atoms with Crippen LogP contribution in [0, 0.1) is 0 Å². The summed E-state index contributed by atoms with van der Waals surface area (Å²) >= 11 is 0. The van der Waals surface area contributed by atoms with Crippen LogP contribution in [0.5, 0.6) is 0 Å². The van der Waals surface area contributed by atoms with Crippen LogP contribution < -0.4 is 0 Å². The third kappa shape index (κ3) is 4.87. The molecule has 0 unspecified atom stereocenters. The smallest absolute Gasteiger partial charge is 0.693 e. The maximum Gasteiger partial charge on any atom is 2.00 e. The molecule has 5 N–H and O–H groups in total. The SMILES string of the molecule is O=C(O)c1ccccc1.[Cu+2].[NH2-].[NH2-]. The second-order valence-corrected chi connectivity index (χ2v) is 1.67. The average molecular weight is 218 g/mol. The van der Waals surface area contributed by atoms with E-state index in [0.717, 1.165) is 0 Å². The molecule has 1 radical (unpaired) electrons. The standard InChI is InChI=1S/C7H6O2.Cu.2H2N/c8-7(9)6-4-2-1-3-5-6;;;/h1-5H,(H,8,9);;2*1H2/q;+2;2*-1. The van der Waals surface area contributed by atoms with Gasteiger partial charge >= 0.3 is 23.0 Å². The van der Waals surface area contributed by atoms with Crippen molar-refractivity contribution in [3.05, 3.63) is 48.2 Å². The van der Waals surface area contributed by atoms with E-state index in [1.54, 1.807) is 30.3 Å². The first kappa shape index (κ1) is 17.3. The molecule has 0 amide bonds. The molecule has 12 heavy (non-hydrogen) atoms. The van der Waals surface area contributed by atoms with Crippen LogP contribution in [0.25, 0.3) is 12.3 Å². The van der Waals surface area contributed by atoms with Gasteiger partial charge in [0.05, 0.1) is 5.56 Å². The largest absolute Gasteiger partial charge is 2.00 e. The van der Waals surface area contributed by atoms with Crippen molar-refractivity contribution in [2.75, 3.05) is 0 Å². The van der Waals surface area contributed by atoms with E-state index >= 15 is 0 Å². The summed E-state index contributed by atoms with van der Waals surface area (Å²) in [7, 11) is 0. The molecule has 0 aliphatic carbocycles. The van der Waals surface area contributed by atoms with Crippen molar-refractivity contribution in [1.82, 2.24) is 0 Å². The minimum Gasteiger partial charge on any atom is -0.693 e. The number of carboxylic acids is 1. The van der Waals surface area contributed by atoms with Crippen LogP contribution in [0.3, 0.4) is 0 Å². The van der Waals surface area contributed by atoms with Gasteiger partial charge in [0.15, 0.2) is 0 Å². The molecule has 4 nitrogen and oxygen atoms in total. The molecule has 0 aliphatic rings. The van der Waals surface area contributed by atoms with E-state index in [1.165, 1.54) is 0 Å². The van der Waals surface area contributed by atoms with E-state index in [2.05, 4.69) is 0 Å².